The highest BCUT2D eigenvalue weighted by atomic mass is 16.2. The van der Waals surface area contributed by atoms with Gasteiger partial charge in [-0.3, -0.25) is 19.4 Å². The summed E-state index contributed by atoms with van der Waals surface area (Å²) >= 11 is 0. The summed E-state index contributed by atoms with van der Waals surface area (Å²) in [5, 5.41) is 2.95. The Labute approximate surface area is 162 Å². The Morgan fingerprint density at radius 2 is 1.63 bits per heavy atom. The first-order chi connectivity index (χ1) is 12.8. The fourth-order valence-corrected chi connectivity index (χ4v) is 4.80. The van der Waals surface area contributed by atoms with Gasteiger partial charge in [-0.25, -0.2) is 4.79 Å². The summed E-state index contributed by atoms with van der Waals surface area (Å²) in [5.41, 5.74) is -0.848. The number of likely N-dealkylation sites (N-methyl/N-ethyl adjacent to an activating group) is 1. The van der Waals surface area contributed by atoms with Gasteiger partial charge in [-0.2, -0.15) is 0 Å². The van der Waals surface area contributed by atoms with Crippen LogP contribution in [0.1, 0.15) is 65.2 Å². The van der Waals surface area contributed by atoms with Gasteiger partial charge >= 0.3 is 6.03 Å². The number of hydrogen-bond acceptors (Lipinski definition) is 4. The number of rotatable bonds is 5. The van der Waals surface area contributed by atoms with Gasteiger partial charge in [0.05, 0.1) is 0 Å². The van der Waals surface area contributed by atoms with Crippen molar-refractivity contribution in [3.05, 3.63) is 0 Å². The zero-order chi connectivity index (χ0) is 19.7. The summed E-state index contributed by atoms with van der Waals surface area (Å²) in [6.45, 7) is 6.71. The van der Waals surface area contributed by atoms with Crippen LogP contribution in [0.5, 0.6) is 0 Å². The van der Waals surface area contributed by atoms with Crippen LogP contribution in [0.15, 0.2) is 0 Å². The molecular weight excluding hydrogens is 344 g/mol. The lowest BCUT2D eigenvalue weighted by Crippen LogP contribution is -2.54. The third kappa shape index (κ3) is 3.84. The summed E-state index contributed by atoms with van der Waals surface area (Å²) in [4.78, 5) is 43.2. The van der Waals surface area contributed by atoms with Gasteiger partial charge < -0.3 is 10.2 Å². The molecule has 0 radical (unpaired) electrons. The second-order valence-corrected chi connectivity index (χ2v) is 8.96. The van der Waals surface area contributed by atoms with Crippen molar-refractivity contribution in [1.82, 2.24) is 20.0 Å². The predicted octanol–water partition coefficient (Wildman–Crippen LogP) is 1.96. The average molecular weight is 379 g/mol. The first kappa shape index (κ1) is 20.1. The third-order valence-corrected chi connectivity index (χ3v) is 6.72. The van der Waals surface area contributed by atoms with Crippen molar-refractivity contribution in [3.63, 3.8) is 0 Å². The van der Waals surface area contributed by atoms with E-state index in [9.17, 15) is 14.4 Å². The second kappa shape index (κ2) is 7.78. The number of nitrogens with zero attached hydrogens (tertiary/aromatic N) is 3. The molecule has 0 unspecified atom stereocenters. The lowest BCUT2D eigenvalue weighted by atomic mass is 9.81. The molecule has 7 nitrogen and oxygen atoms in total. The van der Waals surface area contributed by atoms with Gasteiger partial charge in [0, 0.05) is 19.1 Å². The topological polar surface area (TPSA) is 73.0 Å². The maximum absolute atomic E-state index is 13.0. The zero-order valence-electron chi connectivity index (χ0n) is 17.1. The summed E-state index contributed by atoms with van der Waals surface area (Å²) in [6, 6.07) is -0.340. The molecule has 1 saturated carbocycles. The molecule has 152 valence electrons. The molecule has 3 aliphatic rings. The average Bonchev–Trinajstić information content (AvgIpc) is 2.84. The van der Waals surface area contributed by atoms with Crippen LogP contribution >= 0.6 is 0 Å². The molecule has 3 rings (SSSR count). The highest BCUT2D eigenvalue weighted by molar-refractivity contribution is 6.08. The fraction of sp³-hybridized carbons (Fsp3) is 0.850. The predicted molar refractivity (Wildman–Crippen MR) is 103 cm³/mol. The highest BCUT2D eigenvalue weighted by Gasteiger charge is 2.55. The number of nitrogens with one attached hydrogen (secondary N) is 1. The van der Waals surface area contributed by atoms with Crippen LogP contribution < -0.4 is 5.32 Å². The number of carbonyl (C=O) groups excluding carboxylic acids is 3. The minimum absolute atomic E-state index is 0.128. The maximum Gasteiger partial charge on any atom is 0.327 e. The summed E-state index contributed by atoms with van der Waals surface area (Å²) in [5.74, 6) is -0.455. The monoisotopic (exact) mass is 378 g/mol. The quantitative estimate of drug-likeness (QED) is 0.743. The van der Waals surface area contributed by atoms with E-state index < -0.39 is 5.54 Å². The summed E-state index contributed by atoms with van der Waals surface area (Å²) in [6.07, 6.45) is 8.07. The number of hydrogen-bond donors (Lipinski definition) is 1. The van der Waals surface area contributed by atoms with Crippen LogP contribution in [0, 0.1) is 0 Å². The van der Waals surface area contributed by atoms with Gasteiger partial charge in [0.2, 0.25) is 5.91 Å². The third-order valence-electron chi connectivity index (χ3n) is 6.72. The molecule has 0 atom stereocenters. The van der Waals surface area contributed by atoms with Crippen LogP contribution in [0.25, 0.3) is 0 Å². The molecular formula is C20H34N4O3. The SMILES string of the molecule is CN1C(=O)N(CC(=O)NCC(C)(C)N2CCCCC2)C(=O)C12CCCCC2. The second-order valence-electron chi connectivity index (χ2n) is 8.96. The van der Waals surface area contributed by atoms with Crippen LogP contribution in [0.3, 0.4) is 0 Å². The van der Waals surface area contributed by atoms with Gasteiger partial charge in [-0.15, -0.1) is 0 Å². The van der Waals surface area contributed by atoms with Crippen molar-refractivity contribution in [1.29, 1.82) is 0 Å². The molecule has 0 bridgehead atoms. The molecule has 1 N–H and O–H groups in total. The number of carbonyl (C=O) groups is 3. The molecule has 27 heavy (non-hydrogen) atoms. The first-order valence-electron chi connectivity index (χ1n) is 10.4. The summed E-state index contributed by atoms with van der Waals surface area (Å²) in [7, 11) is 1.70. The zero-order valence-corrected chi connectivity index (χ0v) is 17.1. The van der Waals surface area contributed by atoms with E-state index in [0.29, 0.717) is 19.4 Å². The molecule has 1 spiro atoms. The lowest BCUT2D eigenvalue weighted by molar-refractivity contribution is -0.137. The Morgan fingerprint density at radius 1 is 1.04 bits per heavy atom. The molecule has 2 saturated heterocycles. The highest BCUT2D eigenvalue weighted by Crippen LogP contribution is 2.39. The minimum atomic E-state index is -0.720. The molecule has 0 aromatic carbocycles. The van der Waals surface area contributed by atoms with E-state index in [0.717, 1.165) is 37.3 Å². The Morgan fingerprint density at radius 3 is 2.26 bits per heavy atom. The van der Waals surface area contributed by atoms with Crippen molar-refractivity contribution in [2.45, 2.75) is 76.3 Å². The van der Waals surface area contributed by atoms with Crippen LogP contribution in [0.2, 0.25) is 0 Å². The van der Waals surface area contributed by atoms with Crippen molar-refractivity contribution < 1.29 is 14.4 Å². The standard InChI is InChI=1S/C20H34N4O3/c1-19(2,23-12-8-5-9-13-23)15-21-16(25)14-24-17(26)20(22(3)18(24)27)10-6-4-7-11-20/h4-15H2,1-3H3,(H,21,25). The lowest BCUT2D eigenvalue weighted by Gasteiger charge is -2.41. The van der Waals surface area contributed by atoms with E-state index in [1.165, 1.54) is 19.3 Å². The fourth-order valence-electron chi connectivity index (χ4n) is 4.80. The molecule has 1 aliphatic carbocycles. The van der Waals surface area contributed by atoms with E-state index in [4.69, 9.17) is 0 Å². The maximum atomic E-state index is 13.0. The van der Waals surface area contributed by atoms with E-state index in [1.807, 2.05) is 0 Å². The van der Waals surface area contributed by atoms with Gasteiger partial charge in [0.15, 0.2) is 0 Å². The van der Waals surface area contributed by atoms with Crippen molar-refractivity contribution in [2.75, 3.05) is 33.2 Å². The molecule has 0 aromatic heterocycles. The Kier molecular flexibility index (Phi) is 5.79. The number of piperidine rings is 1. The Balaban J connectivity index is 1.57. The molecule has 0 aromatic rings. The number of amides is 4. The van der Waals surface area contributed by atoms with Gasteiger partial charge in [-0.05, 0) is 52.6 Å². The first-order valence-corrected chi connectivity index (χ1v) is 10.4. The van der Waals surface area contributed by atoms with Gasteiger partial charge in [0.1, 0.15) is 12.1 Å². The molecule has 2 heterocycles. The Bertz CT molecular complexity index is 592. The number of urea groups is 1. The largest absolute Gasteiger partial charge is 0.353 e. The normalized spacial score (nSPS) is 24.0. The smallest absolute Gasteiger partial charge is 0.327 e. The van der Waals surface area contributed by atoms with Gasteiger partial charge in [-0.1, -0.05) is 25.7 Å². The number of imide groups is 1. The van der Waals surface area contributed by atoms with E-state index in [1.54, 1.807) is 11.9 Å². The van der Waals surface area contributed by atoms with Gasteiger partial charge in [0.25, 0.3) is 5.91 Å². The molecule has 4 amide bonds. The molecule has 7 heteroatoms. The van der Waals surface area contributed by atoms with Crippen LogP contribution in [0.4, 0.5) is 4.79 Å². The van der Waals surface area contributed by atoms with E-state index in [-0.39, 0.29) is 29.9 Å². The van der Waals surface area contributed by atoms with Crippen molar-refractivity contribution >= 4 is 17.8 Å². The minimum Gasteiger partial charge on any atom is -0.353 e. The molecule has 3 fully saturated rings. The van der Waals surface area contributed by atoms with Crippen LogP contribution in [-0.4, -0.2) is 76.8 Å². The van der Waals surface area contributed by atoms with Crippen molar-refractivity contribution in [2.24, 2.45) is 0 Å². The summed E-state index contributed by atoms with van der Waals surface area (Å²) < 4.78 is 0. The molecule has 2 aliphatic heterocycles. The van der Waals surface area contributed by atoms with Crippen LogP contribution in [-0.2, 0) is 9.59 Å². The van der Waals surface area contributed by atoms with E-state index in [2.05, 4.69) is 24.1 Å². The number of likely N-dealkylation sites (tertiary alicyclic amines) is 1. The van der Waals surface area contributed by atoms with Crippen molar-refractivity contribution in [3.8, 4) is 0 Å². The Hall–Kier alpha value is -1.63. The van der Waals surface area contributed by atoms with E-state index >= 15 is 0 Å².